The molecule has 2 aromatic heterocycles. The van der Waals surface area contributed by atoms with Crippen LogP contribution in [0.1, 0.15) is 22.5 Å². The molecule has 130 valence electrons. The molecular weight excluding hydrogens is 322 g/mol. The standard InChI is InChI=1S/C19H19NO5/c1-11-4-5-13(12(2)20-11)9-24-16-7-6-15-14(8-17(21)22)10-25-18(15)19(16)23-3/h4-7,10H,8-9H2,1-3H3,(H,21,22). The first-order valence-corrected chi connectivity index (χ1v) is 7.84. The molecule has 0 saturated carbocycles. The number of fused-ring (bicyclic) bond motifs is 1. The first-order chi connectivity index (χ1) is 12.0. The molecule has 0 amide bonds. The Morgan fingerprint density at radius 3 is 2.68 bits per heavy atom. The van der Waals surface area contributed by atoms with Crippen molar-refractivity contribution >= 4 is 16.9 Å². The average Bonchev–Trinajstić information content (AvgIpc) is 2.96. The lowest BCUT2D eigenvalue weighted by Crippen LogP contribution is -2.02. The number of nitrogens with zero attached hydrogens (tertiary/aromatic N) is 1. The van der Waals surface area contributed by atoms with Crippen molar-refractivity contribution in [2.24, 2.45) is 0 Å². The van der Waals surface area contributed by atoms with Gasteiger partial charge < -0.3 is 19.0 Å². The molecule has 3 rings (SSSR count). The zero-order valence-corrected chi connectivity index (χ0v) is 14.3. The van der Waals surface area contributed by atoms with Gasteiger partial charge >= 0.3 is 5.97 Å². The van der Waals surface area contributed by atoms with E-state index in [9.17, 15) is 4.79 Å². The maximum Gasteiger partial charge on any atom is 0.307 e. The number of aliphatic carboxylic acids is 1. The maximum atomic E-state index is 10.9. The quantitative estimate of drug-likeness (QED) is 0.737. The van der Waals surface area contributed by atoms with Crippen molar-refractivity contribution in [3.05, 3.63) is 53.0 Å². The first kappa shape index (κ1) is 16.8. The summed E-state index contributed by atoms with van der Waals surface area (Å²) in [5.41, 5.74) is 3.95. The fraction of sp³-hybridized carbons (Fsp3) is 0.263. The van der Waals surface area contributed by atoms with Gasteiger partial charge in [-0.15, -0.1) is 0 Å². The summed E-state index contributed by atoms with van der Waals surface area (Å²) >= 11 is 0. The summed E-state index contributed by atoms with van der Waals surface area (Å²) in [5, 5.41) is 9.69. The van der Waals surface area contributed by atoms with Gasteiger partial charge in [-0.25, -0.2) is 0 Å². The molecule has 0 spiro atoms. The van der Waals surface area contributed by atoms with E-state index in [2.05, 4.69) is 4.98 Å². The normalized spacial score (nSPS) is 10.8. The highest BCUT2D eigenvalue weighted by molar-refractivity contribution is 5.91. The minimum absolute atomic E-state index is 0.107. The van der Waals surface area contributed by atoms with Gasteiger partial charge in [0.15, 0.2) is 11.3 Å². The number of carboxylic acid groups (broad SMARTS) is 1. The molecule has 0 radical (unpaired) electrons. The Bertz CT molecular complexity index is 929. The number of benzene rings is 1. The summed E-state index contributed by atoms with van der Waals surface area (Å²) in [5.74, 6) is 0.0717. The van der Waals surface area contributed by atoms with Crippen LogP contribution in [0.5, 0.6) is 11.5 Å². The third kappa shape index (κ3) is 3.42. The topological polar surface area (TPSA) is 81.8 Å². The van der Waals surface area contributed by atoms with E-state index in [1.54, 1.807) is 12.1 Å². The van der Waals surface area contributed by atoms with Gasteiger partial charge in [0.05, 0.1) is 19.8 Å². The predicted octanol–water partition coefficient (Wildman–Crippen LogP) is 3.66. The third-order valence-corrected chi connectivity index (χ3v) is 4.00. The van der Waals surface area contributed by atoms with Crippen molar-refractivity contribution in [1.29, 1.82) is 0 Å². The molecule has 0 aliphatic rings. The Balaban J connectivity index is 1.90. The third-order valence-electron chi connectivity index (χ3n) is 4.00. The summed E-state index contributed by atoms with van der Waals surface area (Å²) in [7, 11) is 1.53. The molecule has 0 atom stereocenters. The molecule has 0 fully saturated rings. The van der Waals surface area contributed by atoms with Gasteiger partial charge in [0.2, 0.25) is 5.75 Å². The van der Waals surface area contributed by atoms with Crippen molar-refractivity contribution in [2.45, 2.75) is 26.9 Å². The Morgan fingerprint density at radius 2 is 2.00 bits per heavy atom. The largest absolute Gasteiger partial charge is 0.490 e. The van der Waals surface area contributed by atoms with Crippen LogP contribution in [0.2, 0.25) is 0 Å². The molecule has 6 heteroatoms. The van der Waals surface area contributed by atoms with Crippen molar-refractivity contribution in [2.75, 3.05) is 7.11 Å². The molecule has 0 bridgehead atoms. The minimum Gasteiger partial charge on any atom is -0.490 e. The number of carboxylic acids is 1. The second-order valence-electron chi connectivity index (χ2n) is 5.79. The minimum atomic E-state index is -0.913. The van der Waals surface area contributed by atoms with Crippen LogP contribution in [0.4, 0.5) is 0 Å². The molecule has 3 aromatic rings. The number of furan rings is 1. The molecule has 1 aromatic carbocycles. The Morgan fingerprint density at radius 1 is 1.20 bits per heavy atom. The number of hydrogen-bond acceptors (Lipinski definition) is 5. The lowest BCUT2D eigenvalue weighted by atomic mass is 10.1. The number of ether oxygens (including phenoxy) is 2. The van der Waals surface area contributed by atoms with Gasteiger partial charge in [0.25, 0.3) is 0 Å². The van der Waals surface area contributed by atoms with Crippen molar-refractivity contribution in [3.63, 3.8) is 0 Å². The molecule has 2 heterocycles. The SMILES string of the molecule is COc1c(OCc2ccc(C)nc2C)ccc2c(CC(=O)O)coc12. The highest BCUT2D eigenvalue weighted by Crippen LogP contribution is 2.38. The van der Waals surface area contributed by atoms with E-state index in [-0.39, 0.29) is 6.42 Å². The van der Waals surface area contributed by atoms with Crippen molar-refractivity contribution < 1.29 is 23.8 Å². The Hall–Kier alpha value is -3.02. The van der Waals surface area contributed by atoms with Gasteiger partial charge in [0, 0.05) is 27.9 Å². The van der Waals surface area contributed by atoms with Crippen LogP contribution in [0, 0.1) is 13.8 Å². The second kappa shape index (κ2) is 6.84. The van der Waals surface area contributed by atoms with E-state index in [0.717, 1.165) is 17.0 Å². The fourth-order valence-corrected chi connectivity index (χ4v) is 2.74. The predicted molar refractivity (Wildman–Crippen MR) is 92.1 cm³/mol. The van der Waals surface area contributed by atoms with E-state index >= 15 is 0 Å². The Kier molecular flexibility index (Phi) is 4.61. The lowest BCUT2D eigenvalue weighted by Gasteiger charge is -2.12. The zero-order valence-electron chi connectivity index (χ0n) is 14.3. The molecule has 0 saturated heterocycles. The van der Waals surface area contributed by atoms with Gasteiger partial charge in [-0.3, -0.25) is 9.78 Å². The van der Waals surface area contributed by atoms with E-state index in [0.29, 0.717) is 34.6 Å². The molecule has 25 heavy (non-hydrogen) atoms. The van der Waals surface area contributed by atoms with Crippen LogP contribution >= 0.6 is 0 Å². The molecule has 0 unspecified atom stereocenters. The van der Waals surface area contributed by atoms with Crippen molar-refractivity contribution in [1.82, 2.24) is 4.98 Å². The van der Waals surface area contributed by atoms with Gasteiger partial charge in [-0.05, 0) is 32.0 Å². The van der Waals surface area contributed by atoms with Gasteiger partial charge in [-0.2, -0.15) is 0 Å². The summed E-state index contributed by atoms with van der Waals surface area (Å²) in [4.78, 5) is 15.4. The van der Waals surface area contributed by atoms with Crippen LogP contribution in [-0.2, 0) is 17.8 Å². The number of pyridine rings is 1. The highest BCUT2D eigenvalue weighted by Gasteiger charge is 2.17. The van der Waals surface area contributed by atoms with Crippen LogP contribution < -0.4 is 9.47 Å². The molecule has 6 nitrogen and oxygen atoms in total. The van der Waals surface area contributed by atoms with E-state index < -0.39 is 5.97 Å². The smallest absolute Gasteiger partial charge is 0.307 e. The first-order valence-electron chi connectivity index (χ1n) is 7.84. The molecule has 1 N–H and O–H groups in total. The number of carbonyl (C=O) groups is 1. The molecule has 0 aliphatic carbocycles. The average molecular weight is 341 g/mol. The Labute approximate surface area is 145 Å². The van der Waals surface area contributed by atoms with E-state index in [1.807, 2.05) is 26.0 Å². The monoisotopic (exact) mass is 341 g/mol. The van der Waals surface area contributed by atoms with Crippen LogP contribution in [-0.4, -0.2) is 23.2 Å². The van der Waals surface area contributed by atoms with Crippen LogP contribution in [0.25, 0.3) is 11.0 Å². The van der Waals surface area contributed by atoms with Gasteiger partial charge in [-0.1, -0.05) is 6.07 Å². The fourth-order valence-electron chi connectivity index (χ4n) is 2.74. The number of rotatable bonds is 6. The lowest BCUT2D eigenvalue weighted by molar-refractivity contribution is -0.136. The van der Waals surface area contributed by atoms with Crippen LogP contribution in [0.15, 0.2) is 34.9 Å². The number of aryl methyl sites for hydroxylation is 2. The summed E-state index contributed by atoms with van der Waals surface area (Å²) in [6, 6.07) is 7.48. The maximum absolute atomic E-state index is 10.9. The highest BCUT2D eigenvalue weighted by atomic mass is 16.5. The summed E-state index contributed by atoms with van der Waals surface area (Å²) < 4.78 is 16.8. The second-order valence-corrected chi connectivity index (χ2v) is 5.79. The number of aromatic nitrogens is 1. The van der Waals surface area contributed by atoms with E-state index in [4.69, 9.17) is 19.0 Å². The molecule has 0 aliphatic heterocycles. The zero-order chi connectivity index (χ0) is 18.0. The number of hydrogen-bond donors (Lipinski definition) is 1. The van der Waals surface area contributed by atoms with Crippen LogP contribution in [0.3, 0.4) is 0 Å². The van der Waals surface area contributed by atoms with Crippen molar-refractivity contribution in [3.8, 4) is 11.5 Å². The summed E-state index contributed by atoms with van der Waals surface area (Å²) in [6.07, 6.45) is 1.34. The number of methoxy groups -OCH3 is 1. The van der Waals surface area contributed by atoms with Gasteiger partial charge in [0.1, 0.15) is 6.61 Å². The van der Waals surface area contributed by atoms with E-state index in [1.165, 1.54) is 13.4 Å². The summed E-state index contributed by atoms with van der Waals surface area (Å²) in [6.45, 7) is 4.24. The molecular formula is C19H19NO5.